The fraction of sp³-hybridized carbons (Fsp3) is 0.240. The third-order valence-corrected chi connectivity index (χ3v) is 6.62. The van der Waals surface area contributed by atoms with Crippen LogP contribution in [0.5, 0.6) is 5.75 Å². The minimum absolute atomic E-state index is 0.0646. The molecule has 5 rings (SSSR count). The quantitative estimate of drug-likeness (QED) is 0.560. The van der Waals surface area contributed by atoms with Crippen molar-refractivity contribution in [1.82, 2.24) is 9.88 Å². The summed E-state index contributed by atoms with van der Waals surface area (Å²) in [5.74, 6) is -2.04. The normalized spacial score (nSPS) is 19.1. The SMILES string of the molecule is O=C(Nc1ccc(F)c(F)c1)N1CCC2(CC1)C(=O)N(c1cccc(O)c1)C2c1ccccn1. The van der Waals surface area contributed by atoms with Crippen molar-refractivity contribution in [3.63, 3.8) is 0 Å². The number of aromatic nitrogens is 1. The highest BCUT2D eigenvalue weighted by Gasteiger charge is 2.62. The lowest BCUT2D eigenvalue weighted by Gasteiger charge is -2.58. The van der Waals surface area contributed by atoms with Crippen molar-refractivity contribution in [3.05, 3.63) is 84.2 Å². The van der Waals surface area contributed by atoms with Crippen LogP contribution in [-0.4, -0.2) is 40.0 Å². The molecule has 0 bridgehead atoms. The van der Waals surface area contributed by atoms with Crippen molar-refractivity contribution < 1.29 is 23.5 Å². The van der Waals surface area contributed by atoms with Crippen LogP contribution in [0, 0.1) is 17.0 Å². The molecule has 2 N–H and O–H groups in total. The van der Waals surface area contributed by atoms with Gasteiger partial charge in [0.05, 0.1) is 17.2 Å². The fourth-order valence-corrected chi connectivity index (χ4v) is 4.89. The van der Waals surface area contributed by atoms with Gasteiger partial charge in [0, 0.05) is 42.8 Å². The van der Waals surface area contributed by atoms with Gasteiger partial charge in [0.25, 0.3) is 0 Å². The number of phenols is 1. The molecule has 7 nitrogen and oxygen atoms in total. The van der Waals surface area contributed by atoms with Gasteiger partial charge in [0.15, 0.2) is 11.6 Å². The molecule has 1 unspecified atom stereocenters. The molecular weight excluding hydrogens is 442 g/mol. The Morgan fingerprint density at radius 3 is 2.50 bits per heavy atom. The molecule has 174 valence electrons. The summed E-state index contributed by atoms with van der Waals surface area (Å²) in [6, 6.07) is 14.5. The molecule has 0 saturated carbocycles. The topological polar surface area (TPSA) is 85.8 Å². The molecule has 1 aromatic heterocycles. The summed E-state index contributed by atoms with van der Waals surface area (Å²) < 4.78 is 26.6. The smallest absolute Gasteiger partial charge is 0.321 e. The number of pyridine rings is 1. The number of carbonyl (C=O) groups excluding carboxylic acids is 2. The van der Waals surface area contributed by atoms with E-state index in [0.29, 0.717) is 31.6 Å². The largest absolute Gasteiger partial charge is 0.508 e. The van der Waals surface area contributed by atoms with E-state index < -0.39 is 23.1 Å². The number of rotatable bonds is 3. The van der Waals surface area contributed by atoms with Gasteiger partial charge in [-0.25, -0.2) is 13.6 Å². The second kappa shape index (κ2) is 8.40. The number of aromatic hydroxyl groups is 1. The van der Waals surface area contributed by atoms with Crippen LogP contribution in [0.2, 0.25) is 0 Å². The first-order chi connectivity index (χ1) is 16.4. The van der Waals surface area contributed by atoms with E-state index >= 15 is 0 Å². The number of likely N-dealkylation sites (tertiary alicyclic amines) is 1. The second-order valence-corrected chi connectivity index (χ2v) is 8.55. The van der Waals surface area contributed by atoms with Crippen LogP contribution in [-0.2, 0) is 4.79 Å². The number of hydrogen-bond acceptors (Lipinski definition) is 4. The molecule has 1 atom stereocenters. The lowest BCUT2D eigenvalue weighted by Crippen LogP contribution is -2.67. The summed E-state index contributed by atoms with van der Waals surface area (Å²) in [6.07, 6.45) is 2.53. The number of urea groups is 1. The zero-order valence-electron chi connectivity index (χ0n) is 18.1. The van der Waals surface area contributed by atoms with E-state index in [1.807, 2.05) is 12.1 Å². The first kappa shape index (κ1) is 21.8. The van der Waals surface area contributed by atoms with Crippen LogP contribution >= 0.6 is 0 Å². The predicted molar refractivity (Wildman–Crippen MR) is 121 cm³/mol. The molecule has 1 spiro atoms. The molecule has 2 aliphatic heterocycles. The third-order valence-electron chi connectivity index (χ3n) is 6.62. The first-order valence-corrected chi connectivity index (χ1v) is 10.9. The maximum absolute atomic E-state index is 13.5. The second-order valence-electron chi connectivity index (χ2n) is 8.55. The molecule has 9 heteroatoms. The molecular formula is C25H22F2N4O3. The molecule has 2 aromatic carbocycles. The van der Waals surface area contributed by atoms with E-state index in [4.69, 9.17) is 0 Å². The van der Waals surface area contributed by atoms with Crippen LogP contribution < -0.4 is 10.2 Å². The van der Waals surface area contributed by atoms with E-state index in [-0.39, 0.29) is 23.4 Å². The number of nitrogens with zero attached hydrogens (tertiary/aromatic N) is 3. The van der Waals surface area contributed by atoms with Crippen LogP contribution in [0.1, 0.15) is 24.6 Å². The Morgan fingerprint density at radius 1 is 1.03 bits per heavy atom. The van der Waals surface area contributed by atoms with E-state index in [1.54, 1.807) is 46.3 Å². The maximum Gasteiger partial charge on any atom is 0.321 e. The van der Waals surface area contributed by atoms with Gasteiger partial charge in [0.2, 0.25) is 5.91 Å². The van der Waals surface area contributed by atoms with Crippen molar-refractivity contribution in [1.29, 1.82) is 0 Å². The van der Waals surface area contributed by atoms with E-state index in [9.17, 15) is 23.5 Å². The number of anilines is 2. The summed E-state index contributed by atoms with van der Waals surface area (Å²) in [5, 5.41) is 12.5. The summed E-state index contributed by atoms with van der Waals surface area (Å²) in [5.41, 5.74) is 0.763. The van der Waals surface area contributed by atoms with Crippen LogP contribution in [0.15, 0.2) is 66.9 Å². The molecule has 2 fully saturated rings. The van der Waals surface area contributed by atoms with Gasteiger partial charge in [0.1, 0.15) is 5.75 Å². The van der Waals surface area contributed by atoms with Crippen LogP contribution in [0.3, 0.4) is 0 Å². The van der Waals surface area contributed by atoms with Crippen molar-refractivity contribution in [2.45, 2.75) is 18.9 Å². The minimum Gasteiger partial charge on any atom is -0.508 e. The van der Waals surface area contributed by atoms with Crippen molar-refractivity contribution in [3.8, 4) is 5.75 Å². The van der Waals surface area contributed by atoms with Gasteiger partial charge in [-0.05, 0) is 49.2 Å². The van der Waals surface area contributed by atoms with Gasteiger partial charge < -0.3 is 20.2 Å². The summed E-state index contributed by atoms with van der Waals surface area (Å²) >= 11 is 0. The predicted octanol–water partition coefficient (Wildman–Crippen LogP) is 4.47. The maximum atomic E-state index is 13.5. The van der Waals surface area contributed by atoms with Gasteiger partial charge in [-0.2, -0.15) is 0 Å². The summed E-state index contributed by atoms with van der Waals surface area (Å²) in [4.78, 5) is 33.9. The van der Waals surface area contributed by atoms with E-state index in [1.165, 1.54) is 6.07 Å². The Bertz CT molecular complexity index is 1250. The minimum atomic E-state index is -1.04. The Kier molecular flexibility index (Phi) is 5.39. The van der Waals surface area contributed by atoms with Crippen molar-refractivity contribution in [2.75, 3.05) is 23.3 Å². The highest BCUT2D eigenvalue weighted by molar-refractivity contribution is 6.06. The molecule has 3 heterocycles. The summed E-state index contributed by atoms with van der Waals surface area (Å²) in [6.45, 7) is 0.636. The number of halogens is 2. The van der Waals surface area contributed by atoms with Gasteiger partial charge in [-0.3, -0.25) is 9.78 Å². The monoisotopic (exact) mass is 464 g/mol. The molecule has 3 aromatic rings. The fourth-order valence-electron chi connectivity index (χ4n) is 4.89. The molecule has 2 aliphatic rings. The highest BCUT2D eigenvalue weighted by Crippen LogP contribution is 2.57. The first-order valence-electron chi connectivity index (χ1n) is 10.9. The molecule has 2 saturated heterocycles. The number of amides is 3. The zero-order chi connectivity index (χ0) is 23.9. The average molecular weight is 464 g/mol. The number of benzene rings is 2. The Hall–Kier alpha value is -4.01. The Morgan fingerprint density at radius 2 is 1.82 bits per heavy atom. The molecule has 0 aliphatic carbocycles. The van der Waals surface area contributed by atoms with E-state index in [2.05, 4.69) is 10.3 Å². The Labute approximate surface area is 194 Å². The van der Waals surface area contributed by atoms with Gasteiger partial charge in [-0.15, -0.1) is 0 Å². The average Bonchev–Trinajstić information content (AvgIpc) is 2.85. The standard InChI is InChI=1S/C25H22F2N4O3/c26-19-8-7-16(14-20(19)27)29-24(34)30-12-9-25(10-13-30)22(21-6-1-2-11-28-21)31(23(25)33)17-4-3-5-18(32)15-17/h1-8,11,14-15,22,32H,9-10,12-13H2,(H,29,34). The van der Waals surface area contributed by atoms with Crippen molar-refractivity contribution in [2.24, 2.45) is 5.41 Å². The lowest BCUT2D eigenvalue weighted by atomic mass is 9.63. The zero-order valence-corrected chi connectivity index (χ0v) is 18.1. The van der Waals surface area contributed by atoms with Crippen LogP contribution in [0.4, 0.5) is 25.0 Å². The number of β-lactam (4-membered cyclic amide) rings is 1. The lowest BCUT2D eigenvalue weighted by molar-refractivity contribution is -0.144. The summed E-state index contributed by atoms with van der Waals surface area (Å²) in [7, 11) is 0. The number of nitrogens with one attached hydrogen (secondary N) is 1. The van der Waals surface area contributed by atoms with Gasteiger partial charge in [-0.1, -0.05) is 12.1 Å². The van der Waals surface area contributed by atoms with Crippen molar-refractivity contribution >= 4 is 23.3 Å². The highest BCUT2D eigenvalue weighted by atomic mass is 19.2. The van der Waals surface area contributed by atoms with Crippen LogP contribution in [0.25, 0.3) is 0 Å². The molecule has 3 amide bonds. The Balaban J connectivity index is 1.35. The number of piperidine rings is 1. The molecule has 34 heavy (non-hydrogen) atoms. The number of carbonyl (C=O) groups is 2. The van der Waals surface area contributed by atoms with E-state index in [0.717, 1.165) is 17.8 Å². The number of phenolic OH excluding ortho intramolecular Hbond substituents is 1. The third kappa shape index (κ3) is 3.63. The molecule has 0 radical (unpaired) electrons. The van der Waals surface area contributed by atoms with Gasteiger partial charge >= 0.3 is 6.03 Å². The number of hydrogen-bond donors (Lipinski definition) is 2.